The first-order valence-corrected chi connectivity index (χ1v) is 34.0. The Morgan fingerprint density at radius 2 is 0.481 bits per heavy atom. The molecule has 0 spiro atoms. The normalized spacial score (nSPS) is 12.9. The van der Waals surface area contributed by atoms with E-state index in [1.165, 1.54) is 148 Å². The number of carbonyl (C=O) groups is 3. The van der Waals surface area contributed by atoms with Crippen molar-refractivity contribution in [2.24, 2.45) is 0 Å². The number of rotatable bonds is 61. The van der Waals surface area contributed by atoms with Crippen molar-refractivity contribution in [3.63, 3.8) is 0 Å². The molecule has 1 atom stereocenters. The molecule has 0 radical (unpaired) electrons. The second-order valence-electron chi connectivity index (χ2n) is 22.4. The van der Waals surface area contributed by atoms with E-state index in [1.54, 1.807) is 0 Å². The molecule has 0 saturated heterocycles. The third-order valence-electron chi connectivity index (χ3n) is 14.5. The number of allylic oxidation sites excluding steroid dienone is 20. The Morgan fingerprint density at radius 1 is 0.259 bits per heavy atom. The van der Waals surface area contributed by atoms with Gasteiger partial charge in [-0.15, -0.1) is 0 Å². The fourth-order valence-electron chi connectivity index (χ4n) is 9.37. The highest BCUT2D eigenvalue weighted by Gasteiger charge is 2.19. The Balaban J connectivity index is 4.23. The summed E-state index contributed by atoms with van der Waals surface area (Å²) >= 11 is 0. The highest BCUT2D eigenvalue weighted by molar-refractivity contribution is 5.71. The van der Waals surface area contributed by atoms with E-state index in [4.69, 9.17) is 14.2 Å². The largest absolute Gasteiger partial charge is 0.462 e. The van der Waals surface area contributed by atoms with Gasteiger partial charge in [0.05, 0.1) is 0 Å². The molecule has 81 heavy (non-hydrogen) atoms. The monoisotopic (exact) mass is 1120 g/mol. The van der Waals surface area contributed by atoms with Crippen LogP contribution in [0.15, 0.2) is 122 Å². The summed E-state index contributed by atoms with van der Waals surface area (Å²) in [5, 5.41) is 0. The van der Waals surface area contributed by atoms with E-state index in [1.807, 2.05) is 0 Å². The van der Waals surface area contributed by atoms with Gasteiger partial charge >= 0.3 is 17.9 Å². The van der Waals surface area contributed by atoms with Crippen molar-refractivity contribution >= 4 is 17.9 Å². The molecule has 0 amide bonds. The van der Waals surface area contributed by atoms with E-state index >= 15 is 0 Å². The van der Waals surface area contributed by atoms with Crippen LogP contribution in [0, 0.1) is 0 Å². The van der Waals surface area contributed by atoms with Crippen LogP contribution in [0.4, 0.5) is 0 Å². The van der Waals surface area contributed by atoms with Gasteiger partial charge in [-0.05, 0) is 116 Å². The zero-order valence-corrected chi connectivity index (χ0v) is 53.0. The maximum Gasteiger partial charge on any atom is 0.306 e. The molecule has 0 aliphatic heterocycles. The van der Waals surface area contributed by atoms with Gasteiger partial charge in [0.1, 0.15) is 13.2 Å². The molecule has 0 N–H and O–H groups in total. The lowest BCUT2D eigenvalue weighted by Gasteiger charge is -2.18. The molecule has 0 aliphatic rings. The Morgan fingerprint density at radius 3 is 0.753 bits per heavy atom. The van der Waals surface area contributed by atoms with E-state index in [0.29, 0.717) is 19.3 Å². The number of hydrogen-bond donors (Lipinski definition) is 0. The molecule has 0 fully saturated rings. The molecule has 1 unspecified atom stereocenters. The predicted octanol–water partition coefficient (Wildman–Crippen LogP) is 23.6. The van der Waals surface area contributed by atoms with Crippen molar-refractivity contribution in [3.8, 4) is 0 Å². The van der Waals surface area contributed by atoms with Gasteiger partial charge in [0.25, 0.3) is 0 Å². The summed E-state index contributed by atoms with van der Waals surface area (Å²) in [5.74, 6) is -0.891. The minimum atomic E-state index is -0.786. The molecule has 0 saturated carbocycles. The number of unbranched alkanes of at least 4 members (excludes halogenated alkanes) is 30. The maximum absolute atomic E-state index is 12.9. The summed E-state index contributed by atoms with van der Waals surface area (Å²) in [4.78, 5) is 38.3. The Labute approximate surface area is 501 Å². The van der Waals surface area contributed by atoms with Crippen LogP contribution in [0.2, 0.25) is 0 Å². The van der Waals surface area contributed by atoms with Gasteiger partial charge < -0.3 is 14.2 Å². The summed E-state index contributed by atoms with van der Waals surface area (Å²) in [6.45, 7) is 6.50. The molecular formula is C75H126O6. The van der Waals surface area contributed by atoms with Crippen LogP contribution in [-0.2, 0) is 28.6 Å². The smallest absolute Gasteiger partial charge is 0.306 e. The van der Waals surface area contributed by atoms with Crippen LogP contribution in [-0.4, -0.2) is 37.2 Å². The highest BCUT2D eigenvalue weighted by Crippen LogP contribution is 2.16. The Bertz CT molecular complexity index is 1670. The van der Waals surface area contributed by atoms with Crippen molar-refractivity contribution in [1.29, 1.82) is 0 Å². The SMILES string of the molecule is CC/C=C\C/C=C\C/C=C\C/C=C\C/C=C\C/C=C\C/C=C\CCCCCCCCCCCC(=O)OCC(COC(=O)CCCCCCCCCCC)OC(=O)CCCCCCCCCC/C=C\C/C=C\C/C=C\CCCCCCC. The summed E-state index contributed by atoms with van der Waals surface area (Å²) in [6, 6.07) is 0. The van der Waals surface area contributed by atoms with Crippen molar-refractivity contribution < 1.29 is 28.6 Å². The van der Waals surface area contributed by atoms with E-state index in [9.17, 15) is 14.4 Å². The number of esters is 3. The summed E-state index contributed by atoms with van der Waals surface area (Å²) in [7, 11) is 0. The molecule has 0 bridgehead atoms. The number of carbonyl (C=O) groups excluding carboxylic acids is 3. The molecule has 0 aromatic carbocycles. The van der Waals surface area contributed by atoms with Crippen LogP contribution in [0.5, 0.6) is 0 Å². The van der Waals surface area contributed by atoms with E-state index < -0.39 is 6.10 Å². The molecule has 462 valence electrons. The lowest BCUT2D eigenvalue weighted by Crippen LogP contribution is -2.30. The Hall–Kier alpha value is -4.19. The highest BCUT2D eigenvalue weighted by atomic mass is 16.6. The van der Waals surface area contributed by atoms with Gasteiger partial charge in [0.15, 0.2) is 6.10 Å². The number of hydrogen-bond acceptors (Lipinski definition) is 6. The van der Waals surface area contributed by atoms with Crippen molar-refractivity contribution in [2.75, 3.05) is 13.2 Å². The third kappa shape index (κ3) is 66.5. The molecule has 0 aromatic heterocycles. The zero-order valence-electron chi connectivity index (χ0n) is 53.0. The van der Waals surface area contributed by atoms with Gasteiger partial charge in [-0.1, -0.05) is 303 Å². The zero-order chi connectivity index (χ0) is 58.5. The molecule has 0 heterocycles. The minimum absolute atomic E-state index is 0.0822. The first-order chi connectivity index (χ1) is 40.0. The molecule has 0 aromatic rings. The van der Waals surface area contributed by atoms with Gasteiger partial charge in [-0.3, -0.25) is 14.4 Å². The van der Waals surface area contributed by atoms with Gasteiger partial charge in [0, 0.05) is 19.3 Å². The van der Waals surface area contributed by atoms with Gasteiger partial charge in [0.2, 0.25) is 0 Å². The second-order valence-corrected chi connectivity index (χ2v) is 22.4. The van der Waals surface area contributed by atoms with Crippen molar-refractivity contribution in [3.05, 3.63) is 122 Å². The fourth-order valence-corrected chi connectivity index (χ4v) is 9.37. The topological polar surface area (TPSA) is 78.9 Å². The third-order valence-corrected chi connectivity index (χ3v) is 14.5. The van der Waals surface area contributed by atoms with Crippen LogP contribution < -0.4 is 0 Å². The fraction of sp³-hybridized carbons (Fsp3) is 0.693. The molecule has 0 aliphatic carbocycles. The first-order valence-electron chi connectivity index (χ1n) is 34.0. The molecule has 6 nitrogen and oxygen atoms in total. The average molecular weight is 1120 g/mol. The summed E-state index contributed by atoms with van der Waals surface area (Å²) in [6.07, 6.45) is 95.1. The first kappa shape index (κ1) is 76.8. The van der Waals surface area contributed by atoms with Gasteiger partial charge in [-0.2, -0.15) is 0 Å². The molecule has 6 heteroatoms. The van der Waals surface area contributed by atoms with Crippen molar-refractivity contribution in [1.82, 2.24) is 0 Å². The quantitative estimate of drug-likeness (QED) is 0.0261. The summed E-state index contributed by atoms with van der Waals surface area (Å²) in [5.41, 5.74) is 0. The van der Waals surface area contributed by atoms with Crippen LogP contribution in [0.3, 0.4) is 0 Å². The van der Waals surface area contributed by atoms with E-state index in [-0.39, 0.29) is 31.1 Å². The van der Waals surface area contributed by atoms with Crippen LogP contribution in [0.25, 0.3) is 0 Å². The maximum atomic E-state index is 12.9. The summed E-state index contributed by atoms with van der Waals surface area (Å²) < 4.78 is 16.9. The van der Waals surface area contributed by atoms with E-state index in [0.717, 1.165) is 128 Å². The predicted molar refractivity (Wildman–Crippen MR) is 353 cm³/mol. The van der Waals surface area contributed by atoms with Crippen LogP contribution in [0.1, 0.15) is 316 Å². The molecular weight excluding hydrogens is 997 g/mol. The average Bonchev–Trinajstić information content (AvgIpc) is 3.47. The van der Waals surface area contributed by atoms with Gasteiger partial charge in [-0.25, -0.2) is 0 Å². The van der Waals surface area contributed by atoms with E-state index in [2.05, 4.69) is 142 Å². The van der Waals surface area contributed by atoms with Crippen molar-refractivity contribution in [2.45, 2.75) is 322 Å². The lowest BCUT2D eigenvalue weighted by molar-refractivity contribution is -0.167. The Kier molecular flexibility index (Phi) is 64.8. The second kappa shape index (κ2) is 68.3. The number of ether oxygens (including phenoxy) is 3. The van der Waals surface area contributed by atoms with Crippen LogP contribution >= 0.6 is 0 Å². The standard InChI is InChI=1S/C75H126O6/c1-4-7-10-13-16-19-21-23-25-27-29-31-33-34-35-36-37-38-39-40-42-43-45-47-49-51-53-56-59-62-65-68-74(77)80-71-72(70-79-73(76)67-64-61-58-55-18-15-12-9-6-3)81-75(78)69-66-63-60-57-54-52-50-48-46-44-41-32-30-28-26-24-22-20-17-14-11-8-5-2/h7,10,16,19,22-25,28-31,34-35,37-38,40-42,44,72H,4-6,8-9,11-15,17-18,20-21,26-27,32-33,36,39,43,45-71H2,1-3H3/b10-7-,19-16-,24-22-,25-23-,30-28-,31-29-,35-34-,38-37-,42-40-,44-41-. The minimum Gasteiger partial charge on any atom is -0.462 e. The molecule has 0 rings (SSSR count). The lowest BCUT2D eigenvalue weighted by atomic mass is 10.1.